The molecule has 1 rings (SSSR count). The van der Waals surface area contributed by atoms with E-state index in [2.05, 4.69) is 4.74 Å². The minimum absolute atomic E-state index is 0.247. The fourth-order valence-electron chi connectivity index (χ4n) is 1.40. The molecule has 0 amide bonds. The lowest BCUT2D eigenvalue weighted by molar-refractivity contribution is -0.138. The van der Waals surface area contributed by atoms with Gasteiger partial charge in [-0.15, -0.1) is 0 Å². The first kappa shape index (κ1) is 13.5. The Balaban J connectivity index is 3.38. The van der Waals surface area contributed by atoms with Gasteiger partial charge < -0.3 is 9.53 Å². The summed E-state index contributed by atoms with van der Waals surface area (Å²) in [7, 11) is 1.18. The molecule has 94 valence electrons. The number of benzene rings is 1. The molecule has 0 atom stereocenters. The Morgan fingerprint density at radius 1 is 1.24 bits per heavy atom. The summed E-state index contributed by atoms with van der Waals surface area (Å²) in [4.78, 5) is 10.8. The first-order valence-corrected chi connectivity index (χ1v) is 4.94. The fraction of sp³-hybridized carbons (Fsp3) is 0.417. The molecule has 0 unspecified atom stereocenters. The third-order valence-corrected chi connectivity index (χ3v) is 2.54. The molecule has 0 heterocycles. The zero-order valence-electron chi connectivity index (χ0n) is 9.76. The van der Waals surface area contributed by atoms with Gasteiger partial charge in [-0.05, 0) is 31.5 Å². The number of methoxy groups -OCH3 is 1. The number of rotatable bonds is 3. The van der Waals surface area contributed by atoms with E-state index in [4.69, 9.17) is 0 Å². The largest absolute Gasteiger partial charge is 0.496 e. The Kier molecular flexibility index (Phi) is 3.50. The minimum Gasteiger partial charge on any atom is -0.496 e. The van der Waals surface area contributed by atoms with Crippen LogP contribution in [0.3, 0.4) is 0 Å². The first-order valence-electron chi connectivity index (χ1n) is 4.94. The van der Waals surface area contributed by atoms with Gasteiger partial charge in [0.05, 0.1) is 12.7 Å². The monoisotopic (exact) mass is 246 g/mol. The normalized spacial score (nSPS) is 12.4. The van der Waals surface area contributed by atoms with Crippen molar-refractivity contribution in [3.63, 3.8) is 0 Å². The highest BCUT2D eigenvalue weighted by atomic mass is 19.4. The smallest absolute Gasteiger partial charge is 0.419 e. The number of carbonyl (C=O) groups excluding carboxylic acids is 1. The zero-order chi connectivity index (χ0) is 13.3. The lowest BCUT2D eigenvalue weighted by atomic mass is 9.85. The summed E-state index contributed by atoms with van der Waals surface area (Å²) in [6.45, 7) is 3.12. The molecule has 1 aromatic rings. The lowest BCUT2D eigenvalue weighted by Crippen LogP contribution is -2.20. The predicted octanol–water partition coefficient (Wildman–Crippen LogP) is 3.19. The third kappa shape index (κ3) is 2.78. The Hall–Kier alpha value is -1.52. The van der Waals surface area contributed by atoms with Gasteiger partial charge in [0, 0.05) is 5.41 Å². The lowest BCUT2D eigenvalue weighted by Gasteiger charge is -2.20. The van der Waals surface area contributed by atoms with Crippen LogP contribution in [0, 0.1) is 0 Å². The summed E-state index contributed by atoms with van der Waals surface area (Å²) in [6.07, 6.45) is -3.88. The van der Waals surface area contributed by atoms with E-state index in [0.29, 0.717) is 11.8 Å². The van der Waals surface area contributed by atoms with Gasteiger partial charge in [-0.1, -0.05) is 6.07 Å². The predicted molar refractivity (Wildman–Crippen MR) is 57.1 cm³/mol. The fourth-order valence-corrected chi connectivity index (χ4v) is 1.40. The van der Waals surface area contributed by atoms with E-state index in [0.717, 1.165) is 6.07 Å². The summed E-state index contributed by atoms with van der Waals surface area (Å²) in [6, 6.07) is 3.64. The minimum atomic E-state index is -4.50. The number of halogens is 3. The van der Waals surface area contributed by atoms with Crippen LogP contribution in [0.4, 0.5) is 13.2 Å². The molecule has 5 heteroatoms. The van der Waals surface area contributed by atoms with Gasteiger partial charge in [0.15, 0.2) is 0 Å². The summed E-state index contributed by atoms with van der Waals surface area (Å²) in [5.74, 6) is -0.247. The number of alkyl halides is 3. The highest BCUT2D eigenvalue weighted by Gasteiger charge is 2.35. The van der Waals surface area contributed by atoms with Crippen LogP contribution in [-0.2, 0) is 16.4 Å². The molecule has 0 bridgehead atoms. The third-order valence-electron chi connectivity index (χ3n) is 2.54. The standard InChI is InChI=1S/C12H13F3O2/c1-11(2,7-16)8-4-5-10(17-3)9(6-8)12(13,14)15/h4-7H,1-3H3. The molecular formula is C12H13F3O2. The van der Waals surface area contributed by atoms with Crippen molar-refractivity contribution in [1.82, 2.24) is 0 Å². The van der Waals surface area contributed by atoms with Gasteiger partial charge in [0.25, 0.3) is 0 Å². The summed E-state index contributed by atoms with van der Waals surface area (Å²) in [5.41, 5.74) is -1.51. The van der Waals surface area contributed by atoms with Crippen LogP contribution in [0.2, 0.25) is 0 Å². The van der Waals surface area contributed by atoms with Crippen LogP contribution in [0.15, 0.2) is 18.2 Å². The van der Waals surface area contributed by atoms with E-state index >= 15 is 0 Å². The number of aldehydes is 1. The number of carbonyl (C=O) groups is 1. The molecule has 0 saturated carbocycles. The Morgan fingerprint density at radius 2 is 1.82 bits per heavy atom. The van der Waals surface area contributed by atoms with E-state index < -0.39 is 17.2 Å². The summed E-state index contributed by atoms with van der Waals surface area (Å²) < 4.78 is 42.9. The van der Waals surface area contributed by atoms with Crippen LogP contribution in [0.25, 0.3) is 0 Å². The molecule has 0 aromatic heterocycles. The van der Waals surface area contributed by atoms with Crippen LogP contribution in [-0.4, -0.2) is 13.4 Å². The van der Waals surface area contributed by atoms with Crippen LogP contribution >= 0.6 is 0 Å². The second-order valence-corrected chi connectivity index (χ2v) is 4.25. The van der Waals surface area contributed by atoms with Gasteiger partial charge in [0.2, 0.25) is 0 Å². The maximum atomic E-state index is 12.7. The molecule has 0 fully saturated rings. The Bertz CT molecular complexity index is 422. The van der Waals surface area contributed by atoms with Crippen molar-refractivity contribution >= 4 is 6.29 Å². The van der Waals surface area contributed by atoms with Crippen molar-refractivity contribution < 1.29 is 22.7 Å². The van der Waals surface area contributed by atoms with E-state index in [1.165, 1.54) is 19.2 Å². The van der Waals surface area contributed by atoms with E-state index in [9.17, 15) is 18.0 Å². The highest BCUT2D eigenvalue weighted by molar-refractivity contribution is 5.67. The molecule has 2 nitrogen and oxygen atoms in total. The van der Waals surface area contributed by atoms with Crippen molar-refractivity contribution in [2.75, 3.05) is 7.11 Å². The van der Waals surface area contributed by atoms with Gasteiger partial charge in [0.1, 0.15) is 12.0 Å². The molecule has 0 aliphatic heterocycles. The SMILES string of the molecule is COc1ccc(C(C)(C)C=O)cc1C(F)(F)F. The molecule has 0 radical (unpaired) electrons. The van der Waals surface area contributed by atoms with E-state index in [1.807, 2.05) is 0 Å². The summed E-state index contributed by atoms with van der Waals surface area (Å²) in [5, 5.41) is 0. The average Bonchev–Trinajstić information content (AvgIpc) is 2.27. The molecular weight excluding hydrogens is 233 g/mol. The van der Waals surface area contributed by atoms with Crippen molar-refractivity contribution in [2.45, 2.75) is 25.4 Å². The number of ether oxygens (including phenoxy) is 1. The van der Waals surface area contributed by atoms with Gasteiger partial charge in [-0.25, -0.2) is 0 Å². The quantitative estimate of drug-likeness (QED) is 0.765. The Morgan fingerprint density at radius 3 is 2.24 bits per heavy atom. The van der Waals surface area contributed by atoms with Gasteiger partial charge in [-0.2, -0.15) is 13.2 Å². The van der Waals surface area contributed by atoms with Crippen molar-refractivity contribution in [2.24, 2.45) is 0 Å². The molecule has 0 aliphatic rings. The van der Waals surface area contributed by atoms with Gasteiger partial charge >= 0.3 is 6.18 Å². The zero-order valence-corrected chi connectivity index (χ0v) is 9.76. The van der Waals surface area contributed by atoms with Crippen molar-refractivity contribution in [3.8, 4) is 5.75 Å². The molecule has 0 spiro atoms. The molecule has 0 aliphatic carbocycles. The van der Waals surface area contributed by atoms with E-state index in [-0.39, 0.29) is 5.75 Å². The van der Waals surface area contributed by atoms with Gasteiger partial charge in [-0.3, -0.25) is 0 Å². The number of hydrogen-bond acceptors (Lipinski definition) is 2. The molecule has 1 aromatic carbocycles. The average molecular weight is 246 g/mol. The molecule has 0 saturated heterocycles. The Labute approximate surface area is 97.4 Å². The summed E-state index contributed by atoms with van der Waals surface area (Å²) >= 11 is 0. The second-order valence-electron chi connectivity index (χ2n) is 4.25. The second kappa shape index (κ2) is 4.39. The molecule has 17 heavy (non-hydrogen) atoms. The first-order chi connectivity index (χ1) is 7.72. The maximum absolute atomic E-state index is 12.7. The van der Waals surface area contributed by atoms with Crippen LogP contribution in [0.5, 0.6) is 5.75 Å². The van der Waals surface area contributed by atoms with Crippen molar-refractivity contribution in [3.05, 3.63) is 29.3 Å². The maximum Gasteiger partial charge on any atom is 0.419 e. The highest BCUT2D eigenvalue weighted by Crippen LogP contribution is 2.38. The van der Waals surface area contributed by atoms with Crippen molar-refractivity contribution in [1.29, 1.82) is 0 Å². The topological polar surface area (TPSA) is 26.3 Å². The van der Waals surface area contributed by atoms with Crippen LogP contribution in [0.1, 0.15) is 25.0 Å². The van der Waals surface area contributed by atoms with E-state index in [1.54, 1.807) is 13.8 Å². The van der Waals surface area contributed by atoms with Crippen LogP contribution < -0.4 is 4.74 Å². The molecule has 0 N–H and O–H groups in total. The number of hydrogen-bond donors (Lipinski definition) is 0.